The number of rotatable bonds is 1. The van der Waals surface area contributed by atoms with Crippen molar-refractivity contribution in [3.63, 3.8) is 0 Å². The molecule has 0 amide bonds. The molecule has 2 nitrogen and oxygen atoms in total. The first kappa shape index (κ1) is 11.1. The lowest BCUT2D eigenvalue weighted by Crippen LogP contribution is -2.13. The molecule has 2 aromatic rings. The molecule has 0 saturated carbocycles. The SMILES string of the molecule is Cc1ccc(-c2ccc(O)cc2)c2c1CCCN2. The Balaban J connectivity index is 2.15. The van der Waals surface area contributed by atoms with Gasteiger partial charge in [0, 0.05) is 17.8 Å². The first-order valence-electron chi connectivity index (χ1n) is 6.41. The predicted octanol–water partition coefficient (Wildman–Crippen LogP) is 3.73. The number of benzene rings is 2. The van der Waals surface area contributed by atoms with E-state index < -0.39 is 0 Å². The first-order valence-corrected chi connectivity index (χ1v) is 6.41. The van der Waals surface area contributed by atoms with Crippen LogP contribution in [-0.4, -0.2) is 11.7 Å². The van der Waals surface area contributed by atoms with E-state index in [-0.39, 0.29) is 0 Å². The molecule has 2 aromatic carbocycles. The van der Waals surface area contributed by atoms with Crippen molar-refractivity contribution < 1.29 is 5.11 Å². The van der Waals surface area contributed by atoms with Crippen molar-refractivity contribution in [1.29, 1.82) is 0 Å². The Kier molecular flexibility index (Phi) is 2.71. The fourth-order valence-corrected chi connectivity index (χ4v) is 2.64. The highest BCUT2D eigenvalue weighted by Gasteiger charge is 2.15. The number of fused-ring (bicyclic) bond motifs is 1. The van der Waals surface area contributed by atoms with Crippen LogP contribution in [0.5, 0.6) is 5.75 Å². The Labute approximate surface area is 107 Å². The highest BCUT2D eigenvalue weighted by Crippen LogP contribution is 2.36. The van der Waals surface area contributed by atoms with Gasteiger partial charge in [-0.2, -0.15) is 0 Å². The molecule has 2 heteroatoms. The molecule has 0 unspecified atom stereocenters. The van der Waals surface area contributed by atoms with Crippen molar-refractivity contribution in [2.75, 3.05) is 11.9 Å². The van der Waals surface area contributed by atoms with E-state index in [1.807, 2.05) is 12.1 Å². The van der Waals surface area contributed by atoms with Crippen LogP contribution in [0, 0.1) is 6.92 Å². The summed E-state index contributed by atoms with van der Waals surface area (Å²) in [5, 5.41) is 12.9. The highest BCUT2D eigenvalue weighted by molar-refractivity contribution is 5.82. The summed E-state index contributed by atoms with van der Waals surface area (Å²) < 4.78 is 0. The van der Waals surface area contributed by atoms with Gasteiger partial charge in [-0.1, -0.05) is 24.3 Å². The standard InChI is InChI=1S/C16H17NO/c1-11-4-9-15(12-5-7-13(18)8-6-12)16-14(11)3-2-10-17-16/h4-9,17-18H,2-3,10H2,1H3. The Morgan fingerprint density at radius 2 is 1.83 bits per heavy atom. The summed E-state index contributed by atoms with van der Waals surface area (Å²) in [5.41, 5.74) is 6.45. The minimum atomic E-state index is 0.313. The molecular weight excluding hydrogens is 222 g/mol. The van der Waals surface area contributed by atoms with Crippen LogP contribution in [0.3, 0.4) is 0 Å². The third kappa shape index (κ3) is 1.84. The van der Waals surface area contributed by atoms with Crippen LogP contribution in [-0.2, 0) is 6.42 Å². The van der Waals surface area contributed by atoms with E-state index in [4.69, 9.17) is 0 Å². The van der Waals surface area contributed by atoms with E-state index in [0.717, 1.165) is 18.5 Å². The van der Waals surface area contributed by atoms with Crippen LogP contribution in [0.4, 0.5) is 5.69 Å². The van der Waals surface area contributed by atoms with Gasteiger partial charge in [0.15, 0.2) is 0 Å². The lowest BCUT2D eigenvalue weighted by molar-refractivity contribution is 0.475. The Hall–Kier alpha value is -1.96. The molecule has 0 spiro atoms. The minimum absolute atomic E-state index is 0.313. The monoisotopic (exact) mass is 239 g/mol. The van der Waals surface area contributed by atoms with Gasteiger partial charge in [-0.25, -0.2) is 0 Å². The van der Waals surface area contributed by atoms with Crippen molar-refractivity contribution in [2.24, 2.45) is 0 Å². The van der Waals surface area contributed by atoms with Gasteiger partial charge in [0.25, 0.3) is 0 Å². The topological polar surface area (TPSA) is 32.3 Å². The normalized spacial score (nSPS) is 13.8. The van der Waals surface area contributed by atoms with E-state index in [9.17, 15) is 5.11 Å². The summed E-state index contributed by atoms with van der Waals surface area (Å²) in [7, 11) is 0. The maximum Gasteiger partial charge on any atom is 0.115 e. The van der Waals surface area contributed by atoms with Crippen molar-refractivity contribution in [2.45, 2.75) is 19.8 Å². The number of hydrogen-bond donors (Lipinski definition) is 2. The summed E-state index contributed by atoms with van der Waals surface area (Å²) in [6.07, 6.45) is 2.35. The first-order chi connectivity index (χ1) is 8.75. The molecular formula is C16H17NO. The molecule has 0 atom stereocenters. The second-order valence-electron chi connectivity index (χ2n) is 4.86. The molecule has 3 rings (SSSR count). The zero-order valence-corrected chi connectivity index (χ0v) is 10.5. The van der Waals surface area contributed by atoms with Gasteiger partial charge < -0.3 is 10.4 Å². The maximum atomic E-state index is 9.37. The number of hydrogen-bond acceptors (Lipinski definition) is 2. The summed E-state index contributed by atoms with van der Waals surface area (Å²) in [4.78, 5) is 0. The second-order valence-corrected chi connectivity index (χ2v) is 4.86. The van der Waals surface area contributed by atoms with Crippen LogP contribution in [0.15, 0.2) is 36.4 Å². The van der Waals surface area contributed by atoms with E-state index in [2.05, 4.69) is 24.4 Å². The third-order valence-corrected chi connectivity index (χ3v) is 3.63. The van der Waals surface area contributed by atoms with Crippen LogP contribution in [0.25, 0.3) is 11.1 Å². The average molecular weight is 239 g/mol. The molecule has 92 valence electrons. The Morgan fingerprint density at radius 1 is 1.06 bits per heavy atom. The van der Waals surface area contributed by atoms with Crippen molar-refractivity contribution in [3.05, 3.63) is 47.5 Å². The molecule has 18 heavy (non-hydrogen) atoms. The van der Waals surface area contributed by atoms with Crippen LogP contribution in [0.1, 0.15) is 17.5 Å². The summed E-state index contributed by atoms with van der Waals surface area (Å²) in [6, 6.07) is 11.8. The van der Waals surface area contributed by atoms with E-state index >= 15 is 0 Å². The largest absolute Gasteiger partial charge is 0.508 e. The summed E-state index contributed by atoms with van der Waals surface area (Å²) in [6.45, 7) is 3.22. The third-order valence-electron chi connectivity index (χ3n) is 3.63. The number of phenolic OH excluding ortho intramolecular Hbond substituents is 1. The number of aromatic hydroxyl groups is 1. The zero-order valence-electron chi connectivity index (χ0n) is 10.5. The van der Waals surface area contributed by atoms with Crippen molar-refractivity contribution in [1.82, 2.24) is 0 Å². The number of aryl methyl sites for hydroxylation is 1. The highest BCUT2D eigenvalue weighted by atomic mass is 16.3. The van der Waals surface area contributed by atoms with E-state index in [1.54, 1.807) is 12.1 Å². The fraction of sp³-hybridized carbons (Fsp3) is 0.250. The quantitative estimate of drug-likeness (QED) is 0.794. The predicted molar refractivity (Wildman–Crippen MR) is 75.1 cm³/mol. The van der Waals surface area contributed by atoms with Crippen molar-refractivity contribution >= 4 is 5.69 Å². The van der Waals surface area contributed by atoms with Gasteiger partial charge in [0.05, 0.1) is 0 Å². The van der Waals surface area contributed by atoms with Crippen LogP contribution >= 0.6 is 0 Å². The van der Waals surface area contributed by atoms with Gasteiger partial charge in [0.1, 0.15) is 5.75 Å². The molecule has 1 aliphatic rings. The lowest BCUT2D eigenvalue weighted by atomic mass is 9.92. The van der Waals surface area contributed by atoms with Gasteiger partial charge in [-0.15, -0.1) is 0 Å². The average Bonchev–Trinajstić information content (AvgIpc) is 2.41. The van der Waals surface area contributed by atoms with Gasteiger partial charge in [-0.3, -0.25) is 0 Å². The molecule has 0 aliphatic carbocycles. The van der Waals surface area contributed by atoms with Crippen LogP contribution < -0.4 is 5.32 Å². The Morgan fingerprint density at radius 3 is 2.61 bits per heavy atom. The van der Waals surface area contributed by atoms with Gasteiger partial charge >= 0.3 is 0 Å². The molecule has 0 bridgehead atoms. The van der Waals surface area contributed by atoms with Gasteiger partial charge in [0.2, 0.25) is 0 Å². The summed E-state index contributed by atoms with van der Waals surface area (Å²) >= 11 is 0. The van der Waals surface area contributed by atoms with E-state index in [0.29, 0.717) is 5.75 Å². The fourth-order valence-electron chi connectivity index (χ4n) is 2.64. The van der Waals surface area contributed by atoms with Crippen LogP contribution in [0.2, 0.25) is 0 Å². The number of phenols is 1. The molecule has 0 radical (unpaired) electrons. The molecule has 0 fully saturated rings. The van der Waals surface area contributed by atoms with Crippen molar-refractivity contribution in [3.8, 4) is 16.9 Å². The molecule has 0 saturated heterocycles. The summed E-state index contributed by atoms with van der Waals surface area (Å²) in [5.74, 6) is 0.313. The Bertz CT molecular complexity index is 572. The van der Waals surface area contributed by atoms with Gasteiger partial charge in [-0.05, 0) is 48.6 Å². The van der Waals surface area contributed by atoms with E-state index in [1.165, 1.54) is 28.8 Å². The lowest BCUT2D eigenvalue weighted by Gasteiger charge is -2.23. The molecule has 1 aliphatic heterocycles. The molecule has 0 aromatic heterocycles. The number of nitrogens with one attached hydrogen (secondary N) is 1. The molecule has 2 N–H and O–H groups in total. The molecule has 1 heterocycles. The maximum absolute atomic E-state index is 9.37. The smallest absolute Gasteiger partial charge is 0.115 e. The number of anilines is 1. The second kappa shape index (κ2) is 4.37. The zero-order chi connectivity index (χ0) is 12.5. The minimum Gasteiger partial charge on any atom is -0.508 e.